The van der Waals surface area contributed by atoms with E-state index >= 15 is 0 Å². The lowest BCUT2D eigenvalue weighted by Crippen LogP contribution is -2.16. The number of benzene rings is 1. The zero-order chi connectivity index (χ0) is 12.9. The fourth-order valence-corrected chi connectivity index (χ4v) is 2.10. The minimum Gasteiger partial charge on any atom is -0.382 e. The van der Waals surface area contributed by atoms with Gasteiger partial charge in [0, 0.05) is 6.42 Å². The van der Waals surface area contributed by atoms with Crippen molar-refractivity contribution in [2.45, 2.75) is 19.0 Å². The monoisotopic (exact) mass is 268 g/mol. The summed E-state index contributed by atoms with van der Waals surface area (Å²) in [6.07, 6.45) is -5.98. The number of halogens is 3. The molecule has 3 nitrogen and oxygen atoms in total. The van der Waals surface area contributed by atoms with E-state index in [-0.39, 0.29) is 5.75 Å². The molecule has 0 saturated carbocycles. The highest BCUT2D eigenvalue weighted by Gasteiger charge is 2.27. The third-order valence-electron chi connectivity index (χ3n) is 1.82. The molecule has 0 fully saturated rings. The normalized spacial score (nSPS) is 12.4. The molecule has 0 atom stereocenters. The number of para-hydroxylation sites is 1. The molecule has 0 unspecified atom stereocenters. The Morgan fingerprint density at radius 1 is 1.12 bits per heavy atom. The molecule has 0 bridgehead atoms. The SMILES string of the molecule is O=S(=O)(CCCC(F)(F)F)Oc1ccccc1. The van der Waals surface area contributed by atoms with Crippen molar-refractivity contribution >= 4 is 10.1 Å². The van der Waals surface area contributed by atoms with Crippen LogP contribution in [0.15, 0.2) is 30.3 Å². The molecule has 0 saturated heterocycles. The Labute approximate surface area is 97.3 Å². The standard InChI is InChI=1S/C10H11F3O3S/c11-10(12,13)7-4-8-17(14,15)16-9-5-2-1-3-6-9/h1-3,5-6H,4,7-8H2. The van der Waals surface area contributed by atoms with Gasteiger partial charge in [0.05, 0.1) is 5.75 Å². The first kappa shape index (κ1) is 13.8. The molecule has 0 heterocycles. The van der Waals surface area contributed by atoms with E-state index in [1.807, 2.05) is 0 Å². The van der Waals surface area contributed by atoms with Crippen LogP contribution < -0.4 is 4.18 Å². The molecule has 1 aromatic carbocycles. The number of rotatable bonds is 5. The van der Waals surface area contributed by atoms with Gasteiger partial charge in [-0.15, -0.1) is 0 Å². The Hall–Kier alpha value is -1.24. The van der Waals surface area contributed by atoms with Gasteiger partial charge in [0.1, 0.15) is 5.75 Å². The van der Waals surface area contributed by atoms with E-state index in [1.165, 1.54) is 12.1 Å². The first-order chi connectivity index (χ1) is 7.79. The zero-order valence-electron chi connectivity index (χ0n) is 8.77. The van der Waals surface area contributed by atoms with Crippen LogP contribution in [0.5, 0.6) is 5.75 Å². The third kappa shape index (κ3) is 6.15. The summed E-state index contributed by atoms with van der Waals surface area (Å²) in [5, 5.41) is 0. The van der Waals surface area contributed by atoms with Gasteiger partial charge in [-0.2, -0.15) is 21.6 Å². The van der Waals surface area contributed by atoms with Gasteiger partial charge in [0.25, 0.3) is 0 Å². The van der Waals surface area contributed by atoms with Crippen LogP contribution >= 0.6 is 0 Å². The van der Waals surface area contributed by atoms with E-state index in [0.29, 0.717) is 0 Å². The van der Waals surface area contributed by atoms with Crippen molar-refractivity contribution in [1.82, 2.24) is 0 Å². The summed E-state index contributed by atoms with van der Waals surface area (Å²) < 4.78 is 62.7. The zero-order valence-corrected chi connectivity index (χ0v) is 9.59. The lowest BCUT2D eigenvalue weighted by molar-refractivity contribution is -0.134. The highest BCUT2D eigenvalue weighted by molar-refractivity contribution is 7.87. The van der Waals surface area contributed by atoms with Gasteiger partial charge in [-0.3, -0.25) is 0 Å². The van der Waals surface area contributed by atoms with Crippen LogP contribution in [0.4, 0.5) is 13.2 Å². The van der Waals surface area contributed by atoms with E-state index in [2.05, 4.69) is 4.18 Å². The maximum atomic E-state index is 11.8. The molecule has 0 aromatic heterocycles. The number of hydrogen-bond donors (Lipinski definition) is 0. The molecule has 0 aliphatic carbocycles. The minimum absolute atomic E-state index is 0.0968. The van der Waals surface area contributed by atoms with Crippen LogP contribution in [0.2, 0.25) is 0 Å². The Balaban J connectivity index is 2.48. The maximum Gasteiger partial charge on any atom is 0.389 e. The van der Waals surface area contributed by atoms with Gasteiger partial charge in [-0.1, -0.05) is 18.2 Å². The topological polar surface area (TPSA) is 43.4 Å². The predicted octanol–water partition coefficient (Wildman–Crippen LogP) is 2.74. The lowest BCUT2D eigenvalue weighted by Gasteiger charge is -2.08. The summed E-state index contributed by atoms with van der Waals surface area (Å²) in [5.74, 6) is -0.555. The molecule has 0 N–H and O–H groups in total. The number of alkyl halides is 3. The molecular weight excluding hydrogens is 257 g/mol. The van der Waals surface area contributed by atoms with Gasteiger partial charge < -0.3 is 4.18 Å². The van der Waals surface area contributed by atoms with Gasteiger partial charge in [-0.05, 0) is 18.6 Å². The minimum atomic E-state index is -4.34. The first-order valence-electron chi connectivity index (χ1n) is 4.82. The maximum absolute atomic E-state index is 11.8. The second-order valence-corrected chi connectivity index (χ2v) is 5.07. The molecule has 7 heteroatoms. The fourth-order valence-electron chi connectivity index (χ4n) is 1.11. The highest BCUT2D eigenvalue weighted by atomic mass is 32.2. The first-order valence-corrected chi connectivity index (χ1v) is 6.40. The van der Waals surface area contributed by atoms with Gasteiger partial charge in [0.15, 0.2) is 0 Å². The van der Waals surface area contributed by atoms with E-state index in [1.54, 1.807) is 18.2 Å². The van der Waals surface area contributed by atoms with Crippen molar-refractivity contribution in [3.63, 3.8) is 0 Å². The van der Waals surface area contributed by atoms with Crippen LogP contribution in [-0.2, 0) is 10.1 Å². The van der Waals surface area contributed by atoms with Crippen molar-refractivity contribution in [2.75, 3.05) is 5.75 Å². The Morgan fingerprint density at radius 3 is 2.24 bits per heavy atom. The summed E-state index contributed by atoms with van der Waals surface area (Å²) in [6, 6.07) is 7.65. The van der Waals surface area contributed by atoms with E-state index in [0.717, 1.165) is 0 Å². The molecule has 96 valence electrons. The summed E-state index contributed by atoms with van der Waals surface area (Å²) in [4.78, 5) is 0. The van der Waals surface area contributed by atoms with Crippen molar-refractivity contribution in [3.05, 3.63) is 30.3 Å². The molecule has 0 aliphatic heterocycles. The molecule has 0 radical (unpaired) electrons. The Morgan fingerprint density at radius 2 is 1.71 bits per heavy atom. The summed E-state index contributed by atoms with van der Waals surface area (Å²) >= 11 is 0. The van der Waals surface area contributed by atoms with Crippen molar-refractivity contribution in [1.29, 1.82) is 0 Å². The van der Waals surface area contributed by atoms with Gasteiger partial charge >= 0.3 is 16.3 Å². The second-order valence-electron chi connectivity index (χ2n) is 3.38. The van der Waals surface area contributed by atoms with Crippen molar-refractivity contribution in [2.24, 2.45) is 0 Å². The fraction of sp³-hybridized carbons (Fsp3) is 0.400. The largest absolute Gasteiger partial charge is 0.389 e. The summed E-state index contributed by atoms with van der Waals surface area (Å²) in [5.41, 5.74) is 0. The summed E-state index contributed by atoms with van der Waals surface area (Å²) in [6.45, 7) is 0. The quantitative estimate of drug-likeness (QED) is 0.771. The second kappa shape index (κ2) is 5.39. The molecular formula is C10H11F3O3S. The van der Waals surface area contributed by atoms with Crippen molar-refractivity contribution in [3.8, 4) is 5.75 Å². The third-order valence-corrected chi connectivity index (χ3v) is 3.06. The van der Waals surface area contributed by atoms with E-state index < -0.39 is 34.9 Å². The highest BCUT2D eigenvalue weighted by Crippen LogP contribution is 2.22. The van der Waals surface area contributed by atoms with Crippen LogP contribution in [0, 0.1) is 0 Å². The van der Waals surface area contributed by atoms with Crippen LogP contribution in [-0.4, -0.2) is 20.3 Å². The summed E-state index contributed by atoms with van der Waals surface area (Å²) in [7, 11) is -3.96. The molecule has 0 aliphatic rings. The average molecular weight is 268 g/mol. The molecule has 0 spiro atoms. The van der Waals surface area contributed by atoms with Crippen LogP contribution in [0.1, 0.15) is 12.8 Å². The Bertz CT molecular complexity index is 440. The molecule has 1 rings (SSSR count). The van der Waals surface area contributed by atoms with Gasteiger partial charge in [-0.25, -0.2) is 0 Å². The predicted molar refractivity (Wildman–Crippen MR) is 56.1 cm³/mol. The smallest absolute Gasteiger partial charge is 0.382 e. The van der Waals surface area contributed by atoms with Crippen LogP contribution in [0.25, 0.3) is 0 Å². The average Bonchev–Trinajstić information content (AvgIpc) is 2.15. The van der Waals surface area contributed by atoms with Gasteiger partial charge in [0.2, 0.25) is 0 Å². The van der Waals surface area contributed by atoms with E-state index in [4.69, 9.17) is 0 Å². The van der Waals surface area contributed by atoms with E-state index in [9.17, 15) is 21.6 Å². The lowest BCUT2D eigenvalue weighted by atomic mass is 10.3. The molecule has 1 aromatic rings. The number of hydrogen-bond acceptors (Lipinski definition) is 3. The van der Waals surface area contributed by atoms with Crippen LogP contribution in [0.3, 0.4) is 0 Å². The molecule has 0 amide bonds. The van der Waals surface area contributed by atoms with Crippen molar-refractivity contribution < 1.29 is 25.8 Å². The molecule has 17 heavy (non-hydrogen) atoms. The Kier molecular flexibility index (Phi) is 4.39.